The Balaban J connectivity index is 1.67. The normalized spacial score (nSPS) is 22.5. The zero-order valence-corrected chi connectivity index (χ0v) is 12.1. The molecule has 1 unspecified atom stereocenters. The number of hydrogen-bond acceptors (Lipinski definition) is 3. The molecule has 0 radical (unpaired) electrons. The van der Waals surface area contributed by atoms with Crippen LogP contribution in [0.3, 0.4) is 0 Å². The van der Waals surface area contributed by atoms with Crippen molar-refractivity contribution in [1.82, 2.24) is 10.3 Å². The predicted molar refractivity (Wildman–Crippen MR) is 75.3 cm³/mol. The Bertz CT molecular complexity index is 557. The molecule has 0 bridgehead atoms. The molecule has 4 nitrogen and oxygen atoms in total. The molecule has 1 saturated heterocycles. The number of aromatic nitrogens is 1. The van der Waals surface area contributed by atoms with E-state index in [1.165, 1.54) is 6.20 Å². The van der Waals surface area contributed by atoms with Crippen LogP contribution in [0, 0.1) is 5.92 Å². The van der Waals surface area contributed by atoms with Crippen LogP contribution >= 0.6 is 0 Å². The number of nitrogens with zero attached hydrogens (tertiary/aromatic N) is 2. The van der Waals surface area contributed by atoms with Crippen LogP contribution in [0.1, 0.15) is 31.2 Å². The SMILES string of the molecule is O=C(NC1CCCN(c2cc(C(F)(F)F)ccn2)C1)C1CC1. The molecule has 0 spiro atoms. The molecule has 1 amide bonds. The van der Waals surface area contributed by atoms with E-state index in [-0.39, 0.29) is 17.9 Å². The van der Waals surface area contributed by atoms with Crippen molar-refractivity contribution in [3.05, 3.63) is 23.9 Å². The highest BCUT2D eigenvalue weighted by molar-refractivity contribution is 5.81. The van der Waals surface area contributed by atoms with Crippen molar-refractivity contribution in [2.45, 2.75) is 37.9 Å². The Morgan fingerprint density at radius 2 is 2.09 bits per heavy atom. The van der Waals surface area contributed by atoms with Crippen LogP contribution in [-0.4, -0.2) is 30.0 Å². The van der Waals surface area contributed by atoms with Crippen molar-refractivity contribution in [1.29, 1.82) is 0 Å². The number of pyridine rings is 1. The molecular formula is C15H18F3N3O. The van der Waals surface area contributed by atoms with E-state index in [2.05, 4.69) is 10.3 Å². The molecule has 3 rings (SSSR count). The summed E-state index contributed by atoms with van der Waals surface area (Å²) >= 11 is 0. The third kappa shape index (κ3) is 3.51. The van der Waals surface area contributed by atoms with Gasteiger partial charge in [-0.2, -0.15) is 13.2 Å². The quantitative estimate of drug-likeness (QED) is 0.933. The second kappa shape index (κ2) is 5.78. The molecule has 1 aliphatic carbocycles. The van der Waals surface area contributed by atoms with E-state index in [1.807, 2.05) is 4.90 Å². The van der Waals surface area contributed by atoms with Gasteiger partial charge in [-0.1, -0.05) is 0 Å². The number of piperidine rings is 1. The zero-order valence-electron chi connectivity index (χ0n) is 12.1. The van der Waals surface area contributed by atoms with Gasteiger partial charge in [0.15, 0.2) is 0 Å². The van der Waals surface area contributed by atoms with Crippen molar-refractivity contribution in [2.24, 2.45) is 5.92 Å². The monoisotopic (exact) mass is 313 g/mol. The minimum Gasteiger partial charge on any atom is -0.355 e. The van der Waals surface area contributed by atoms with Gasteiger partial charge in [0, 0.05) is 31.2 Å². The molecule has 1 atom stereocenters. The Kier molecular flexibility index (Phi) is 3.97. The molecule has 1 aromatic rings. The summed E-state index contributed by atoms with van der Waals surface area (Å²) in [6.07, 6.45) is 0.383. The number of alkyl halides is 3. The average Bonchev–Trinajstić information content (AvgIpc) is 3.31. The Labute approximate surface area is 126 Å². The summed E-state index contributed by atoms with van der Waals surface area (Å²) < 4.78 is 38.3. The van der Waals surface area contributed by atoms with Gasteiger partial charge in [0.05, 0.1) is 5.56 Å². The topological polar surface area (TPSA) is 45.2 Å². The van der Waals surface area contributed by atoms with E-state index >= 15 is 0 Å². The van der Waals surface area contributed by atoms with Crippen LogP contribution in [0.4, 0.5) is 19.0 Å². The highest BCUT2D eigenvalue weighted by atomic mass is 19.4. The molecule has 22 heavy (non-hydrogen) atoms. The number of anilines is 1. The number of hydrogen-bond donors (Lipinski definition) is 1. The second-order valence-electron chi connectivity index (χ2n) is 5.97. The summed E-state index contributed by atoms with van der Waals surface area (Å²) in [5, 5.41) is 2.99. The van der Waals surface area contributed by atoms with Gasteiger partial charge in [-0.3, -0.25) is 4.79 Å². The van der Waals surface area contributed by atoms with Crippen molar-refractivity contribution in [2.75, 3.05) is 18.0 Å². The fourth-order valence-electron chi connectivity index (χ4n) is 2.74. The van der Waals surface area contributed by atoms with Crippen LogP contribution in [0.25, 0.3) is 0 Å². The van der Waals surface area contributed by atoms with E-state index in [1.54, 1.807) is 0 Å². The summed E-state index contributed by atoms with van der Waals surface area (Å²) in [6.45, 7) is 1.16. The smallest absolute Gasteiger partial charge is 0.355 e. The summed E-state index contributed by atoms with van der Waals surface area (Å²) in [5.74, 6) is 0.533. The first kappa shape index (κ1) is 15.1. The Hall–Kier alpha value is -1.79. The van der Waals surface area contributed by atoms with Gasteiger partial charge < -0.3 is 10.2 Å². The molecule has 2 aliphatic rings. The number of carbonyl (C=O) groups excluding carboxylic acids is 1. The Morgan fingerprint density at radius 1 is 1.32 bits per heavy atom. The molecule has 1 saturated carbocycles. The van der Waals surface area contributed by atoms with Crippen LogP contribution < -0.4 is 10.2 Å². The Morgan fingerprint density at radius 3 is 2.77 bits per heavy atom. The molecule has 7 heteroatoms. The third-order valence-electron chi connectivity index (χ3n) is 4.11. The van der Waals surface area contributed by atoms with Gasteiger partial charge in [-0.15, -0.1) is 0 Å². The van der Waals surface area contributed by atoms with Crippen LogP contribution in [0.15, 0.2) is 18.3 Å². The number of halogens is 3. The van der Waals surface area contributed by atoms with Gasteiger partial charge in [0.1, 0.15) is 5.82 Å². The van der Waals surface area contributed by atoms with Crippen LogP contribution in [-0.2, 0) is 11.0 Å². The zero-order chi connectivity index (χ0) is 15.7. The average molecular weight is 313 g/mol. The second-order valence-corrected chi connectivity index (χ2v) is 5.97. The van der Waals surface area contributed by atoms with Crippen molar-refractivity contribution < 1.29 is 18.0 Å². The summed E-state index contributed by atoms with van der Waals surface area (Å²) in [5.41, 5.74) is -0.693. The lowest BCUT2D eigenvalue weighted by Gasteiger charge is -2.34. The first-order chi connectivity index (χ1) is 10.4. The van der Waals surface area contributed by atoms with E-state index in [0.29, 0.717) is 18.9 Å². The highest BCUT2D eigenvalue weighted by Gasteiger charge is 2.33. The fourth-order valence-corrected chi connectivity index (χ4v) is 2.74. The van der Waals surface area contributed by atoms with Crippen molar-refractivity contribution in [3.63, 3.8) is 0 Å². The molecule has 2 fully saturated rings. The van der Waals surface area contributed by atoms with Crippen LogP contribution in [0.2, 0.25) is 0 Å². The molecule has 1 N–H and O–H groups in total. The molecule has 1 aliphatic heterocycles. The maximum atomic E-state index is 12.8. The molecular weight excluding hydrogens is 295 g/mol. The van der Waals surface area contributed by atoms with Gasteiger partial charge in [0.2, 0.25) is 5.91 Å². The maximum absolute atomic E-state index is 12.8. The highest BCUT2D eigenvalue weighted by Crippen LogP contribution is 2.32. The van der Waals surface area contributed by atoms with Gasteiger partial charge in [0.25, 0.3) is 0 Å². The summed E-state index contributed by atoms with van der Waals surface area (Å²) in [7, 11) is 0. The standard InChI is InChI=1S/C15H18F3N3O/c16-15(17,18)11-5-6-19-13(8-11)21-7-1-2-12(9-21)20-14(22)10-3-4-10/h5-6,8,10,12H,1-4,7,9H2,(H,20,22). The van der Waals surface area contributed by atoms with Crippen molar-refractivity contribution >= 4 is 11.7 Å². The molecule has 1 aromatic heterocycles. The lowest BCUT2D eigenvalue weighted by Crippen LogP contribution is -2.48. The van der Waals surface area contributed by atoms with E-state index in [4.69, 9.17) is 0 Å². The maximum Gasteiger partial charge on any atom is 0.416 e. The number of nitrogens with one attached hydrogen (secondary N) is 1. The molecule has 0 aromatic carbocycles. The van der Waals surface area contributed by atoms with Gasteiger partial charge >= 0.3 is 6.18 Å². The minimum absolute atomic E-state index is 0.0156. The molecule has 2 heterocycles. The summed E-state index contributed by atoms with van der Waals surface area (Å²) in [4.78, 5) is 17.7. The first-order valence-corrected chi connectivity index (χ1v) is 7.52. The van der Waals surface area contributed by atoms with Gasteiger partial charge in [-0.25, -0.2) is 4.98 Å². The lowest BCUT2D eigenvalue weighted by molar-refractivity contribution is -0.137. The van der Waals surface area contributed by atoms with E-state index < -0.39 is 11.7 Å². The summed E-state index contributed by atoms with van der Waals surface area (Å²) in [6, 6.07) is 2.03. The third-order valence-corrected chi connectivity index (χ3v) is 4.11. The first-order valence-electron chi connectivity index (χ1n) is 7.52. The number of amides is 1. The fraction of sp³-hybridized carbons (Fsp3) is 0.600. The van der Waals surface area contributed by atoms with E-state index in [0.717, 1.165) is 37.8 Å². The predicted octanol–water partition coefficient (Wildman–Crippen LogP) is 2.60. The van der Waals surface area contributed by atoms with Crippen LogP contribution in [0.5, 0.6) is 0 Å². The molecule has 120 valence electrons. The van der Waals surface area contributed by atoms with Gasteiger partial charge in [-0.05, 0) is 37.8 Å². The largest absolute Gasteiger partial charge is 0.416 e. The lowest BCUT2D eigenvalue weighted by atomic mass is 10.1. The number of rotatable bonds is 3. The van der Waals surface area contributed by atoms with E-state index in [9.17, 15) is 18.0 Å². The minimum atomic E-state index is -4.37. The van der Waals surface area contributed by atoms with Crippen molar-refractivity contribution in [3.8, 4) is 0 Å². The number of carbonyl (C=O) groups is 1.